The van der Waals surface area contributed by atoms with Gasteiger partial charge in [-0.25, -0.2) is 0 Å². The third-order valence-corrected chi connectivity index (χ3v) is 1.76. The van der Waals surface area contributed by atoms with Gasteiger partial charge in [0.2, 0.25) is 0 Å². The Labute approximate surface area is 79.6 Å². The highest BCUT2D eigenvalue weighted by Gasteiger charge is 2.15. The van der Waals surface area contributed by atoms with Gasteiger partial charge < -0.3 is 14.7 Å². The largest absolute Gasteiger partial charge is 0.507 e. The van der Waals surface area contributed by atoms with Crippen LogP contribution in [0.4, 0.5) is 0 Å². The topological polar surface area (TPSA) is 79.4 Å². The normalized spacial score (nSPS) is 10.4. The molecule has 0 aliphatic carbocycles. The predicted molar refractivity (Wildman–Crippen MR) is 47.8 cm³/mol. The molecule has 0 amide bonds. The third kappa shape index (κ3) is 1.28. The summed E-state index contributed by atoms with van der Waals surface area (Å²) in [5.74, 6) is 0.378. The number of rotatable bonds is 1. The van der Waals surface area contributed by atoms with Gasteiger partial charge in [-0.2, -0.15) is 4.98 Å². The fourth-order valence-electron chi connectivity index (χ4n) is 1.15. The van der Waals surface area contributed by atoms with Crippen molar-refractivity contribution in [3.63, 3.8) is 0 Å². The van der Waals surface area contributed by atoms with Crippen LogP contribution in [0, 0.1) is 6.92 Å². The quantitative estimate of drug-likeness (QED) is 0.714. The first kappa shape index (κ1) is 8.55. The molecule has 0 fully saturated rings. The Morgan fingerprint density at radius 1 is 1.21 bits per heavy atom. The van der Waals surface area contributed by atoms with Crippen LogP contribution in [0.3, 0.4) is 0 Å². The maximum absolute atomic E-state index is 9.47. The molecule has 14 heavy (non-hydrogen) atoms. The van der Waals surface area contributed by atoms with Crippen molar-refractivity contribution in [3.8, 4) is 23.0 Å². The average Bonchev–Trinajstić information content (AvgIpc) is 2.51. The van der Waals surface area contributed by atoms with E-state index in [1.54, 1.807) is 6.92 Å². The molecule has 0 aliphatic rings. The van der Waals surface area contributed by atoms with Crippen LogP contribution in [0.15, 0.2) is 22.7 Å². The Kier molecular flexibility index (Phi) is 1.85. The molecule has 0 atom stereocenters. The second-order valence-corrected chi connectivity index (χ2v) is 2.82. The summed E-state index contributed by atoms with van der Waals surface area (Å²) in [7, 11) is 0. The summed E-state index contributed by atoms with van der Waals surface area (Å²) in [5.41, 5.74) is 0.160. The first-order chi connectivity index (χ1) is 6.68. The molecule has 0 saturated carbocycles. The fraction of sp³-hybridized carbons (Fsp3) is 0.111. The van der Waals surface area contributed by atoms with Crippen molar-refractivity contribution in [2.45, 2.75) is 6.92 Å². The summed E-state index contributed by atoms with van der Waals surface area (Å²) in [6.45, 7) is 1.66. The van der Waals surface area contributed by atoms with Crippen molar-refractivity contribution in [3.05, 3.63) is 24.0 Å². The Hall–Kier alpha value is -2.04. The van der Waals surface area contributed by atoms with Crippen LogP contribution >= 0.6 is 0 Å². The highest BCUT2D eigenvalue weighted by Crippen LogP contribution is 2.35. The number of phenols is 2. The Morgan fingerprint density at radius 3 is 2.36 bits per heavy atom. The van der Waals surface area contributed by atoms with Gasteiger partial charge in [-0.15, -0.1) is 0 Å². The van der Waals surface area contributed by atoms with E-state index in [1.165, 1.54) is 18.2 Å². The fourth-order valence-corrected chi connectivity index (χ4v) is 1.15. The number of hydrogen-bond donors (Lipinski definition) is 2. The first-order valence-electron chi connectivity index (χ1n) is 4.00. The first-order valence-corrected chi connectivity index (χ1v) is 4.00. The summed E-state index contributed by atoms with van der Waals surface area (Å²) < 4.78 is 4.83. The molecule has 0 spiro atoms. The second kappa shape index (κ2) is 3.02. The van der Waals surface area contributed by atoms with Crippen LogP contribution in [0.1, 0.15) is 5.82 Å². The molecular weight excluding hydrogens is 184 g/mol. The number of aromatic hydroxyl groups is 2. The summed E-state index contributed by atoms with van der Waals surface area (Å²) in [5, 5.41) is 22.5. The van der Waals surface area contributed by atoms with Gasteiger partial charge >= 0.3 is 0 Å². The van der Waals surface area contributed by atoms with Crippen molar-refractivity contribution < 1.29 is 14.7 Å². The number of hydrogen-bond acceptors (Lipinski definition) is 5. The predicted octanol–water partition coefficient (Wildman–Crippen LogP) is 1.46. The average molecular weight is 192 g/mol. The van der Waals surface area contributed by atoms with Gasteiger partial charge in [-0.3, -0.25) is 0 Å². The maximum Gasteiger partial charge on any atom is 0.265 e. The zero-order chi connectivity index (χ0) is 10.1. The molecule has 0 saturated heterocycles. The van der Waals surface area contributed by atoms with Gasteiger partial charge in [-0.05, 0) is 19.1 Å². The molecule has 2 aromatic rings. The van der Waals surface area contributed by atoms with E-state index >= 15 is 0 Å². The van der Waals surface area contributed by atoms with E-state index in [9.17, 15) is 10.2 Å². The van der Waals surface area contributed by atoms with E-state index in [0.29, 0.717) is 5.82 Å². The summed E-state index contributed by atoms with van der Waals surface area (Å²) in [6, 6.07) is 4.40. The van der Waals surface area contributed by atoms with E-state index < -0.39 is 0 Å². The lowest BCUT2D eigenvalue weighted by Gasteiger charge is -2.00. The highest BCUT2D eigenvalue weighted by atomic mass is 16.5. The van der Waals surface area contributed by atoms with E-state index in [0.717, 1.165) is 0 Å². The van der Waals surface area contributed by atoms with Gasteiger partial charge in [0.05, 0.1) is 0 Å². The van der Waals surface area contributed by atoms with Crippen LogP contribution in [0.25, 0.3) is 11.5 Å². The molecule has 2 N–H and O–H groups in total. The molecule has 5 nitrogen and oxygen atoms in total. The second-order valence-electron chi connectivity index (χ2n) is 2.82. The number of benzene rings is 1. The van der Waals surface area contributed by atoms with Gasteiger partial charge in [0.25, 0.3) is 5.89 Å². The molecule has 2 rings (SSSR count). The molecule has 1 aromatic heterocycles. The third-order valence-electron chi connectivity index (χ3n) is 1.76. The standard InChI is InChI=1S/C9H8N2O3/c1-5-10-9(14-11-5)8-6(12)3-2-4-7(8)13/h2-4,12-13H,1H3. The lowest BCUT2D eigenvalue weighted by molar-refractivity contribution is 0.411. The van der Waals surface area contributed by atoms with Crippen molar-refractivity contribution in [2.24, 2.45) is 0 Å². The molecule has 72 valence electrons. The number of nitrogens with zero attached hydrogens (tertiary/aromatic N) is 2. The minimum atomic E-state index is -0.0892. The Morgan fingerprint density at radius 2 is 1.86 bits per heavy atom. The van der Waals surface area contributed by atoms with Crippen molar-refractivity contribution in [1.82, 2.24) is 10.1 Å². The molecule has 1 aromatic carbocycles. The highest BCUT2D eigenvalue weighted by molar-refractivity contribution is 5.69. The molecule has 1 heterocycles. The summed E-state index contributed by atoms with van der Waals surface area (Å²) in [6.07, 6.45) is 0. The van der Waals surface area contributed by atoms with E-state index in [2.05, 4.69) is 10.1 Å². The van der Waals surface area contributed by atoms with Gasteiger partial charge in [0.15, 0.2) is 5.82 Å². The van der Waals surface area contributed by atoms with E-state index in [1.807, 2.05) is 0 Å². The summed E-state index contributed by atoms with van der Waals surface area (Å²) >= 11 is 0. The van der Waals surface area contributed by atoms with Crippen molar-refractivity contribution in [2.75, 3.05) is 0 Å². The van der Waals surface area contributed by atoms with E-state index in [-0.39, 0.29) is 23.0 Å². The van der Waals surface area contributed by atoms with Crippen LogP contribution < -0.4 is 0 Å². The smallest absolute Gasteiger partial charge is 0.265 e. The Bertz CT molecular complexity index is 445. The van der Waals surface area contributed by atoms with Gasteiger partial charge in [0.1, 0.15) is 17.1 Å². The van der Waals surface area contributed by atoms with Gasteiger partial charge in [0, 0.05) is 0 Å². The zero-order valence-corrected chi connectivity index (χ0v) is 7.43. The van der Waals surface area contributed by atoms with Gasteiger partial charge in [-0.1, -0.05) is 11.2 Å². The van der Waals surface area contributed by atoms with Crippen molar-refractivity contribution >= 4 is 0 Å². The lowest BCUT2D eigenvalue weighted by atomic mass is 10.2. The van der Waals surface area contributed by atoms with Crippen LogP contribution in [-0.2, 0) is 0 Å². The number of aromatic nitrogens is 2. The van der Waals surface area contributed by atoms with Crippen LogP contribution in [-0.4, -0.2) is 20.4 Å². The number of phenolic OH excluding ortho intramolecular Hbond substituents is 2. The number of aryl methyl sites for hydroxylation is 1. The SMILES string of the molecule is Cc1noc(-c2c(O)cccc2O)n1. The van der Waals surface area contributed by atoms with Crippen molar-refractivity contribution in [1.29, 1.82) is 0 Å². The lowest BCUT2D eigenvalue weighted by Crippen LogP contribution is -1.80. The van der Waals surface area contributed by atoms with Crippen LogP contribution in [0.2, 0.25) is 0 Å². The molecule has 0 bridgehead atoms. The Balaban J connectivity index is 2.61. The summed E-state index contributed by atoms with van der Waals surface area (Å²) in [4.78, 5) is 3.90. The molecule has 0 radical (unpaired) electrons. The maximum atomic E-state index is 9.47. The monoisotopic (exact) mass is 192 g/mol. The minimum Gasteiger partial charge on any atom is -0.507 e. The molecule has 5 heteroatoms. The zero-order valence-electron chi connectivity index (χ0n) is 7.43. The molecule has 0 unspecified atom stereocenters. The van der Waals surface area contributed by atoms with Crippen LogP contribution in [0.5, 0.6) is 11.5 Å². The molecular formula is C9H8N2O3. The minimum absolute atomic E-state index is 0.0892. The van der Waals surface area contributed by atoms with E-state index in [4.69, 9.17) is 4.52 Å². The molecule has 0 aliphatic heterocycles.